The van der Waals surface area contributed by atoms with Gasteiger partial charge in [-0.05, 0) is 23.0 Å². The minimum Gasteiger partial charge on any atom is -0.225 e. The van der Waals surface area contributed by atoms with Crippen LogP contribution in [0.25, 0.3) is 10.6 Å². The molecule has 0 N–H and O–H groups in total. The third-order valence-electron chi connectivity index (χ3n) is 1.47. The van der Waals surface area contributed by atoms with Crippen LogP contribution in [0.15, 0.2) is 23.7 Å². The van der Waals surface area contributed by atoms with E-state index in [1.807, 2.05) is 17.5 Å². The summed E-state index contributed by atoms with van der Waals surface area (Å²) in [5.74, 6) is 0. The Kier molecular flexibility index (Phi) is 2.49. The third-order valence-corrected chi connectivity index (χ3v) is 2.80. The zero-order chi connectivity index (χ0) is 9.26. The average Bonchev–Trinajstić information content (AvgIpc) is 2.61. The van der Waals surface area contributed by atoms with E-state index in [1.165, 1.54) is 6.20 Å². The quantitative estimate of drug-likeness (QED) is 0.702. The topological polar surface area (TPSA) is 25.8 Å². The van der Waals surface area contributed by atoms with E-state index in [0.717, 1.165) is 4.88 Å². The number of hydrogen-bond acceptors (Lipinski definition) is 3. The first kappa shape index (κ1) is 8.94. The summed E-state index contributed by atoms with van der Waals surface area (Å²) in [6.07, 6.45) is 1.51. The van der Waals surface area contributed by atoms with Crippen molar-refractivity contribution in [3.8, 4) is 10.6 Å². The number of halogens is 2. The van der Waals surface area contributed by atoms with Crippen molar-refractivity contribution >= 4 is 34.5 Å². The van der Waals surface area contributed by atoms with Gasteiger partial charge in [-0.3, -0.25) is 0 Å². The normalized spacial score (nSPS) is 10.3. The summed E-state index contributed by atoms with van der Waals surface area (Å²) in [4.78, 5) is 8.82. The fourth-order valence-electron chi connectivity index (χ4n) is 0.932. The van der Waals surface area contributed by atoms with Crippen LogP contribution in [0.1, 0.15) is 0 Å². The summed E-state index contributed by atoms with van der Waals surface area (Å²) in [5.41, 5.74) is 0.691. The van der Waals surface area contributed by atoms with Crippen molar-refractivity contribution < 1.29 is 0 Å². The molecule has 0 aromatic carbocycles. The molecule has 2 rings (SSSR count). The number of hydrogen-bond donors (Lipinski definition) is 0. The molecule has 2 aromatic rings. The summed E-state index contributed by atoms with van der Waals surface area (Å²) < 4.78 is 0. The van der Waals surface area contributed by atoms with Crippen LogP contribution in [0.2, 0.25) is 10.3 Å². The molecule has 0 saturated carbocycles. The van der Waals surface area contributed by atoms with Gasteiger partial charge in [0, 0.05) is 0 Å². The molecule has 0 aliphatic heterocycles. The maximum Gasteiger partial charge on any atom is 0.223 e. The Balaban J connectivity index is 2.57. The summed E-state index contributed by atoms with van der Waals surface area (Å²) in [6, 6.07) is 3.88. The Morgan fingerprint density at radius 2 is 2.15 bits per heavy atom. The molecule has 2 aromatic heterocycles. The van der Waals surface area contributed by atoms with Gasteiger partial charge in [-0.2, -0.15) is 0 Å². The predicted octanol–water partition coefficient (Wildman–Crippen LogP) is 3.51. The Morgan fingerprint density at radius 1 is 1.31 bits per heavy atom. The largest absolute Gasteiger partial charge is 0.225 e. The van der Waals surface area contributed by atoms with Crippen molar-refractivity contribution in [3.05, 3.63) is 34.0 Å². The van der Waals surface area contributed by atoms with Crippen LogP contribution < -0.4 is 0 Å². The van der Waals surface area contributed by atoms with Gasteiger partial charge in [-0.1, -0.05) is 17.7 Å². The summed E-state index contributed by atoms with van der Waals surface area (Å²) >= 11 is 13.1. The first-order valence-corrected chi connectivity index (χ1v) is 5.13. The van der Waals surface area contributed by atoms with Gasteiger partial charge in [-0.25, -0.2) is 9.97 Å². The van der Waals surface area contributed by atoms with E-state index in [9.17, 15) is 0 Å². The van der Waals surface area contributed by atoms with Crippen molar-refractivity contribution in [1.82, 2.24) is 9.97 Å². The van der Waals surface area contributed by atoms with E-state index < -0.39 is 0 Å². The fourth-order valence-corrected chi connectivity index (χ4v) is 2.04. The zero-order valence-electron chi connectivity index (χ0n) is 6.37. The molecular weight excluding hydrogens is 227 g/mol. The van der Waals surface area contributed by atoms with Crippen LogP contribution in [0.5, 0.6) is 0 Å². The molecule has 0 atom stereocenters. The molecular formula is C8H4Cl2N2S. The van der Waals surface area contributed by atoms with Crippen LogP contribution in [-0.4, -0.2) is 9.97 Å². The summed E-state index contributed by atoms with van der Waals surface area (Å²) in [6.45, 7) is 0. The van der Waals surface area contributed by atoms with Crippen LogP contribution in [0.4, 0.5) is 0 Å². The summed E-state index contributed by atoms with van der Waals surface area (Å²) in [5, 5.41) is 2.70. The number of aromatic nitrogens is 2. The van der Waals surface area contributed by atoms with E-state index in [1.54, 1.807) is 11.3 Å². The molecule has 0 amide bonds. The number of thiophene rings is 1. The standard InChI is InChI=1S/C8H4Cl2N2S/c9-5-4-11-8(10)12-7(5)6-2-1-3-13-6/h1-4H. The van der Waals surface area contributed by atoms with Crippen LogP contribution in [0.3, 0.4) is 0 Å². The molecule has 0 bridgehead atoms. The highest BCUT2D eigenvalue weighted by atomic mass is 35.5. The van der Waals surface area contributed by atoms with Crippen molar-refractivity contribution in [2.75, 3.05) is 0 Å². The minimum atomic E-state index is 0.216. The monoisotopic (exact) mass is 230 g/mol. The van der Waals surface area contributed by atoms with Crippen molar-refractivity contribution in [3.63, 3.8) is 0 Å². The minimum absolute atomic E-state index is 0.216. The molecule has 2 heterocycles. The zero-order valence-corrected chi connectivity index (χ0v) is 8.70. The molecule has 0 saturated heterocycles. The molecule has 66 valence electrons. The van der Waals surface area contributed by atoms with Crippen molar-refractivity contribution in [2.45, 2.75) is 0 Å². The highest BCUT2D eigenvalue weighted by molar-refractivity contribution is 7.13. The van der Waals surface area contributed by atoms with Gasteiger partial charge in [0.05, 0.1) is 16.1 Å². The highest BCUT2D eigenvalue weighted by Crippen LogP contribution is 2.29. The Hall–Kier alpha value is -0.640. The van der Waals surface area contributed by atoms with E-state index in [0.29, 0.717) is 10.7 Å². The molecule has 0 unspecified atom stereocenters. The molecule has 13 heavy (non-hydrogen) atoms. The van der Waals surface area contributed by atoms with Gasteiger partial charge in [-0.15, -0.1) is 11.3 Å². The van der Waals surface area contributed by atoms with Crippen molar-refractivity contribution in [1.29, 1.82) is 0 Å². The average molecular weight is 231 g/mol. The lowest BCUT2D eigenvalue weighted by molar-refractivity contribution is 1.18. The van der Waals surface area contributed by atoms with Crippen LogP contribution >= 0.6 is 34.5 Å². The predicted molar refractivity (Wildman–Crippen MR) is 55.4 cm³/mol. The number of rotatable bonds is 1. The van der Waals surface area contributed by atoms with E-state index in [4.69, 9.17) is 23.2 Å². The second-order valence-corrected chi connectivity index (χ2v) is 4.01. The highest BCUT2D eigenvalue weighted by Gasteiger charge is 2.07. The van der Waals surface area contributed by atoms with Crippen molar-refractivity contribution in [2.24, 2.45) is 0 Å². The lowest BCUT2D eigenvalue weighted by atomic mass is 10.3. The first-order valence-electron chi connectivity index (χ1n) is 3.49. The third kappa shape index (κ3) is 1.82. The van der Waals surface area contributed by atoms with Gasteiger partial charge in [0.2, 0.25) is 5.28 Å². The van der Waals surface area contributed by atoms with Crippen LogP contribution in [-0.2, 0) is 0 Å². The van der Waals surface area contributed by atoms with Crippen LogP contribution in [0, 0.1) is 0 Å². The van der Waals surface area contributed by atoms with Gasteiger partial charge < -0.3 is 0 Å². The van der Waals surface area contributed by atoms with E-state index in [2.05, 4.69) is 9.97 Å². The van der Waals surface area contributed by atoms with Gasteiger partial charge in [0.25, 0.3) is 0 Å². The lowest BCUT2D eigenvalue weighted by Crippen LogP contribution is -1.86. The second kappa shape index (κ2) is 3.62. The Bertz CT molecular complexity index is 414. The smallest absolute Gasteiger partial charge is 0.223 e. The fraction of sp³-hybridized carbons (Fsp3) is 0. The van der Waals surface area contributed by atoms with Gasteiger partial charge in [0.1, 0.15) is 5.69 Å². The molecule has 0 radical (unpaired) electrons. The Morgan fingerprint density at radius 3 is 2.85 bits per heavy atom. The van der Waals surface area contributed by atoms with E-state index in [-0.39, 0.29) is 5.28 Å². The summed E-state index contributed by atoms with van der Waals surface area (Å²) in [7, 11) is 0. The molecule has 0 aliphatic rings. The first-order chi connectivity index (χ1) is 6.27. The molecule has 5 heteroatoms. The second-order valence-electron chi connectivity index (χ2n) is 2.31. The lowest BCUT2D eigenvalue weighted by Gasteiger charge is -1.98. The maximum absolute atomic E-state index is 5.91. The maximum atomic E-state index is 5.91. The molecule has 2 nitrogen and oxygen atoms in total. The number of nitrogens with zero attached hydrogens (tertiary/aromatic N) is 2. The molecule has 0 aliphatic carbocycles. The Labute approximate surface area is 89.2 Å². The SMILES string of the molecule is Clc1ncc(Cl)c(-c2cccs2)n1. The van der Waals surface area contributed by atoms with Gasteiger partial charge >= 0.3 is 0 Å². The van der Waals surface area contributed by atoms with Gasteiger partial charge in [0.15, 0.2) is 0 Å². The molecule has 0 fully saturated rings. The molecule has 0 spiro atoms. The van der Waals surface area contributed by atoms with E-state index >= 15 is 0 Å².